The van der Waals surface area contributed by atoms with Gasteiger partial charge in [-0.3, -0.25) is 4.79 Å². The minimum Gasteiger partial charge on any atom is -0.457 e. The number of aryl methyl sites for hydroxylation is 1. The summed E-state index contributed by atoms with van der Waals surface area (Å²) >= 11 is 0. The molecule has 0 amide bonds. The fraction of sp³-hybridized carbons (Fsp3) is 0.471. The quantitative estimate of drug-likeness (QED) is 0.424. The fourth-order valence-corrected chi connectivity index (χ4v) is 2.69. The van der Waals surface area contributed by atoms with Crippen LogP contribution in [-0.4, -0.2) is 14.0 Å². The smallest absolute Gasteiger partial charge is 0.303 e. The predicted molar refractivity (Wildman–Crippen MR) is 87.6 cm³/mol. The summed E-state index contributed by atoms with van der Waals surface area (Å²) in [5, 5.41) is 0. The van der Waals surface area contributed by atoms with Gasteiger partial charge in [0.2, 0.25) is 0 Å². The molecule has 3 heteroatoms. The second-order valence-electron chi connectivity index (χ2n) is 6.28. The molecule has 1 rings (SSSR count). The van der Waals surface area contributed by atoms with Crippen LogP contribution in [0.2, 0.25) is 25.7 Å². The zero-order chi connectivity index (χ0) is 17.7. The topological polar surface area (TPSA) is 26.3 Å². The maximum absolute atomic E-state index is 11.7. The number of carbonyl (C=O) groups is 1. The van der Waals surface area contributed by atoms with Gasteiger partial charge in [0.1, 0.15) is 6.10 Å². The van der Waals surface area contributed by atoms with Crippen LogP contribution in [0, 0.1) is 6.92 Å². The van der Waals surface area contributed by atoms with E-state index in [9.17, 15) is 4.79 Å². The van der Waals surface area contributed by atoms with Crippen molar-refractivity contribution in [1.82, 2.24) is 0 Å². The van der Waals surface area contributed by atoms with Crippen molar-refractivity contribution in [1.29, 1.82) is 0 Å². The van der Waals surface area contributed by atoms with E-state index in [1.54, 1.807) is 0 Å². The Morgan fingerprint density at radius 2 is 1.95 bits per heavy atom. The summed E-state index contributed by atoms with van der Waals surface area (Å²) in [6.07, 6.45) is 4.00. The minimum absolute atomic E-state index is 0.482. The second kappa shape index (κ2) is 7.43. The van der Waals surface area contributed by atoms with E-state index in [-0.39, 0.29) is 0 Å². The molecule has 1 unspecified atom stereocenters. The molecule has 1 aromatic carbocycles. The molecule has 0 aromatic heterocycles. The monoisotopic (exact) mass is 293 g/mol. The van der Waals surface area contributed by atoms with Gasteiger partial charge in [-0.25, -0.2) is 0 Å². The number of hydrogen-bond acceptors (Lipinski definition) is 2. The number of allylic oxidation sites excluding steroid dienone is 1. The molecule has 110 valence electrons. The number of carbonyl (C=O) groups excluding carboxylic acids is 1. The molecule has 0 aliphatic rings. The molecule has 0 bridgehead atoms. The lowest BCUT2D eigenvalue weighted by molar-refractivity contribution is -0.146. The summed E-state index contributed by atoms with van der Waals surface area (Å²) in [6, 6.07) is 8.65. The van der Waals surface area contributed by atoms with Crippen molar-refractivity contribution in [3.8, 4) is 0 Å². The molecule has 1 aromatic rings. The summed E-state index contributed by atoms with van der Waals surface area (Å²) in [6.45, 7) is 6.09. The van der Waals surface area contributed by atoms with Crippen LogP contribution in [0.3, 0.4) is 0 Å². The van der Waals surface area contributed by atoms with Crippen molar-refractivity contribution in [2.24, 2.45) is 0 Å². The Labute approximate surface area is 128 Å². The van der Waals surface area contributed by atoms with Crippen LogP contribution in [0.5, 0.6) is 0 Å². The Hall–Kier alpha value is -1.35. The molecule has 1 atom stereocenters. The average molecular weight is 293 g/mol. The van der Waals surface area contributed by atoms with E-state index in [0.29, 0.717) is 6.42 Å². The van der Waals surface area contributed by atoms with Gasteiger partial charge < -0.3 is 4.74 Å². The lowest BCUT2D eigenvalue weighted by Crippen LogP contribution is -2.17. The van der Waals surface area contributed by atoms with Crippen LogP contribution in [0.1, 0.15) is 34.6 Å². The first-order valence-corrected chi connectivity index (χ1v) is 10.6. The molecule has 0 spiro atoms. The fourth-order valence-electron chi connectivity index (χ4n) is 1.82. The third-order valence-corrected chi connectivity index (χ3v) is 4.41. The third-order valence-electron chi connectivity index (χ3n) is 2.95. The lowest BCUT2D eigenvalue weighted by atomic mass is 10.0. The van der Waals surface area contributed by atoms with E-state index in [1.165, 1.54) is 0 Å². The Morgan fingerprint density at radius 1 is 1.30 bits per heavy atom. The highest BCUT2D eigenvalue weighted by Gasteiger charge is 2.14. The number of benzene rings is 1. The van der Waals surface area contributed by atoms with Gasteiger partial charge in [-0.2, -0.15) is 0 Å². The number of rotatable bonds is 6. The molecular weight excluding hydrogens is 264 g/mol. The first-order chi connectivity index (χ1) is 10.5. The van der Waals surface area contributed by atoms with Crippen LogP contribution in [-0.2, 0) is 9.53 Å². The lowest BCUT2D eigenvalue weighted by Gasteiger charge is -2.16. The summed E-state index contributed by atoms with van der Waals surface area (Å²) < 4.78 is 26.7. The summed E-state index contributed by atoms with van der Waals surface area (Å²) in [7, 11) is -1.16. The molecule has 0 aliphatic heterocycles. The van der Waals surface area contributed by atoms with Gasteiger partial charge in [0.15, 0.2) is 0 Å². The van der Waals surface area contributed by atoms with Crippen molar-refractivity contribution in [3.63, 3.8) is 0 Å². The normalized spacial score (nSPS) is 16.3. The van der Waals surface area contributed by atoms with Gasteiger partial charge in [-0.05, 0) is 18.5 Å². The molecule has 0 fully saturated rings. The molecular formula is C17H26O2Si. The number of esters is 1. The average Bonchev–Trinajstić information content (AvgIpc) is 2.41. The highest BCUT2D eigenvalue weighted by Crippen LogP contribution is 2.23. The van der Waals surface area contributed by atoms with E-state index < -0.39 is 27.0 Å². The largest absolute Gasteiger partial charge is 0.457 e. The van der Waals surface area contributed by atoms with Crippen molar-refractivity contribution in [3.05, 3.63) is 47.5 Å². The predicted octanol–water partition coefficient (Wildman–Crippen LogP) is 4.88. The summed E-state index contributed by atoms with van der Waals surface area (Å²) in [5.41, 5.74) is 1.91. The van der Waals surface area contributed by atoms with E-state index in [0.717, 1.165) is 17.2 Å². The summed E-state index contributed by atoms with van der Waals surface area (Å²) in [5.74, 6) is -1.15. The minimum atomic E-state index is -2.73. The van der Waals surface area contributed by atoms with Crippen molar-refractivity contribution < 1.29 is 13.6 Å². The third kappa shape index (κ3) is 6.71. The maximum atomic E-state index is 11.7. The van der Waals surface area contributed by atoms with E-state index in [2.05, 4.69) is 25.7 Å². The van der Waals surface area contributed by atoms with E-state index in [4.69, 9.17) is 8.85 Å². The Kier molecular flexibility index (Phi) is 4.61. The SMILES string of the molecule is [2H]C([2H])([2H])C(=O)OC(C/C=C\C[Si](C)(C)C)c1ccc(C)cc1. The first-order valence-electron chi connectivity index (χ1n) is 8.42. The van der Waals surface area contributed by atoms with Crippen molar-refractivity contribution in [2.45, 2.75) is 52.0 Å². The van der Waals surface area contributed by atoms with Gasteiger partial charge in [0.05, 0.1) is 0 Å². The van der Waals surface area contributed by atoms with Gasteiger partial charge >= 0.3 is 5.97 Å². The van der Waals surface area contributed by atoms with Crippen LogP contribution in [0.4, 0.5) is 0 Å². The highest BCUT2D eigenvalue weighted by atomic mass is 28.3. The highest BCUT2D eigenvalue weighted by molar-refractivity contribution is 6.76. The number of hydrogen-bond donors (Lipinski definition) is 0. The van der Waals surface area contributed by atoms with Crippen LogP contribution in [0.25, 0.3) is 0 Å². The first kappa shape index (κ1) is 12.4. The molecule has 2 nitrogen and oxygen atoms in total. The Balaban J connectivity index is 2.84. The van der Waals surface area contributed by atoms with E-state index in [1.807, 2.05) is 37.3 Å². The Bertz CT molecular complexity index is 542. The molecule has 0 heterocycles. The maximum Gasteiger partial charge on any atom is 0.303 e. The zero-order valence-electron chi connectivity index (χ0n) is 15.8. The van der Waals surface area contributed by atoms with Crippen LogP contribution >= 0.6 is 0 Å². The van der Waals surface area contributed by atoms with Gasteiger partial charge in [0.25, 0.3) is 0 Å². The van der Waals surface area contributed by atoms with Crippen molar-refractivity contribution >= 4 is 14.0 Å². The molecule has 0 N–H and O–H groups in total. The van der Waals surface area contributed by atoms with E-state index >= 15 is 0 Å². The molecule has 20 heavy (non-hydrogen) atoms. The second-order valence-corrected chi connectivity index (χ2v) is 11.8. The molecule has 0 saturated carbocycles. The molecule has 0 aliphatic carbocycles. The van der Waals surface area contributed by atoms with Crippen molar-refractivity contribution in [2.75, 3.05) is 0 Å². The van der Waals surface area contributed by atoms with Gasteiger partial charge in [-0.1, -0.05) is 61.6 Å². The summed E-state index contributed by atoms with van der Waals surface area (Å²) in [4.78, 5) is 11.7. The molecule has 0 radical (unpaired) electrons. The van der Waals surface area contributed by atoms with Gasteiger partial charge in [0, 0.05) is 25.5 Å². The standard InChI is InChI=1S/C17H26O2Si/c1-14-9-11-16(12-10-14)17(19-15(2)18)8-6-7-13-20(3,4)5/h6-7,9-12,17H,8,13H2,1-5H3/b7-6-/i2D3. The zero-order valence-corrected chi connectivity index (χ0v) is 13.8. The number of ether oxygens (including phenoxy) is 1. The van der Waals surface area contributed by atoms with Crippen LogP contribution < -0.4 is 0 Å². The Morgan fingerprint density at radius 3 is 2.50 bits per heavy atom. The molecule has 0 saturated heterocycles. The van der Waals surface area contributed by atoms with Crippen LogP contribution in [0.15, 0.2) is 36.4 Å². The van der Waals surface area contributed by atoms with Gasteiger partial charge in [-0.15, -0.1) is 0 Å².